The molecule has 0 unspecified atom stereocenters. The Hall–Kier alpha value is -1.33. The fraction of sp³-hybridized carbons (Fsp3) is 0.312. The van der Waals surface area contributed by atoms with Gasteiger partial charge in [-0.15, -0.1) is 0 Å². The van der Waals surface area contributed by atoms with E-state index < -0.39 is 0 Å². The summed E-state index contributed by atoms with van der Waals surface area (Å²) in [6.45, 7) is 10.9. The summed E-state index contributed by atoms with van der Waals surface area (Å²) in [5, 5.41) is 9.22. The van der Waals surface area contributed by atoms with Crippen LogP contribution in [-0.4, -0.2) is 12.8 Å². The van der Waals surface area contributed by atoms with Crippen LogP contribution in [-0.2, 0) is 0 Å². The number of nitrogens with zero attached hydrogens (tertiary/aromatic N) is 1. The van der Waals surface area contributed by atoms with E-state index in [1.165, 1.54) is 30.8 Å². The predicted octanol–water partition coefficient (Wildman–Crippen LogP) is 5.26. The Morgan fingerprint density at radius 1 is 1.43 bits per heavy atom. The van der Waals surface area contributed by atoms with Gasteiger partial charge in [-0.2, -0.15) is 0 Å². The number of thioether (sulfide) groups is 1. The molecule has 0 spiro atoms. The van der Waals surface area contributed by atoms with Crippen LogP contribution in [0, 0.1) is 5.41 Å². The molecule has 5 heteroatoms. The van der Waals surface area contributed by atoms with Crippen LogP contribution in [0.2, 0.25) is 0 Å². The van der Waals surface area contributed by atoms with Gasteiger partial charge in [0.2, 0.25) is 0 Å². The Balaban J connectivity index is 2.90. The molecule has 0 fully saturated rings. The van der Waals surface area contributed by atoms with Crippen molar-refractivity contribution in [3.8, 4) is 0 Å². The average Bonchev–Trinajstić information content (AvgIpc) is 2.47. The fourth-order valence-electron chi connectivity index (χ4n) is 1.81. The summed E-state index contributed by atoms with van der Waals surface area (Å²) >= 11 is 3.14. The van der Waals surface area contributed by atoms with Crippen molar-refractivity contribution in [2.45, 2.75) is 26.2 Å². The molecule has 0 aliphatic rings. The van der Waals surface area contributed by atoms with Gasteiger partial charge < -0.3 is 15.4 Å². The van der Waals surface area contributed by atoms with Crippen molar-refractivity contribution in [2.24, 2.45) is 0 Å². The summed E-state index contributed by atoms with van der Waals surface area (Å²) in [5.74, 6) is 0. The molecule has 0 aliphatic carbocycles. The molecule has 0 aliphatic heterocycles. The van der Waals surface area contributed by atoms with Gasteiger partial charge in [-0.05, 0) is 42.0 Å². The second-order valence-corrected chi connectivity index (χ2v) is 6.95. The van der Waals surface area contributed by atoms with Crippen molar-refractivity contribution in [1.82, 2.24) is 0 Å². The van der Waals surface area contributed by atoms with Crippen LogP contribution in [0.5, 0.6) is 0 Å². The molecule has 0 heterocycles. The summed E-state index contributed by atoms with van der Waals surface area (Å²) in [6, 6.07) is 5.80. The van der Waals surface area contributed by atoms with Crippen molar-refractivity contribution in [3.05, 3.63) is 46.6 Å². The Morgan fingerprint density at radius 2 is 2.19 bits per heavy atom. The van der Waals surface area contributed by atoms with E-state index in [9.17, 15) is 0 Å². The van der Waals surface area contributed by atoms with Crippen LogP contribution in [0.15, 0.2) is 41.0 Å². The molecule has 1 aromatic carbocycles. The second kappa shape index (κ2) is 9.58. The summed E-state index contributed by atoms with van der Waals surface area (Å²) in [5.41, 5.74) is 8.29. The SMILES string of the molecule is C=CSC(=C)SN(CCCCC)c1ccc(N)c(C=N)c1. The topological polar surface area (TPSA) is 53.1 Å². The molecule has 114 valence electrons. The largest absolute Gasteiger partial charge is 0.398 e. The molecule has 0 saturated heterocycles. The van der Waals surface area contributed by atoms with Gasteiger partial charge in [0.1, 0.15) is 0 Å². The van der Waals surface area contributed by atoms with E-state index in [2.05, 4.69) is 24.4 Å². The van der Waals surface area contributed by atoms with Crippen LogP contribution >= 0.6 is 23.7 Å². The zero-order chi connectivity index (χ0) is 15.7. The maximum absolute atomic E-state index is 7.43. The lowest BCUT2D eigenvalue weighted by atomic mass is 10.1. The van der Waals surface area contributed by atoms with E-state index >= 15 is 0 Å². The summed E-state index contributed by atoms with van der Waals surface area (Å²) in [6.07, 6.45) is 4.81. The second-order valence-electron chi connectivity index (χ2n) is 4.51. The van der Waals surface area contributed by atoms with E-state index in [0.717, 1.165) is 28.5 Å². The molecule has 21 heavy (non-hydrogen) atoms. The maximum atomic E-state index is 7.43. The minimum Gasteiger partial charge on any atom is -0.398 e. The lowest BCUT2D eigenvalue weighted by Crippen LogP contribution is -2.16. The first-order chi connectivity index (χ1) is 10.1. The van der Waals surface area contributed by atoms with Crippen LogP contribution in [0.1, 0.15) is 31.7 Å². The fourth-order valence-corrected chi connectivity index (χ4v) is 3.33. The number of benzene rings is 1. The van der Waals surface area contributed by atoms with Crippen molar-refractivity contribution in [3.63, 3.8) is 0 Å². The summed E-state index contributed by atoms with van der Waals surface area (Å²) in [7, 11) is 0. The number of nitrogens with two attached hydrogens (primary N) is 1. The Morgan fingerprint density at radius 3 is 2.81 bits per heavy atom. The van der Waals surface area contributed by atoms with Crippen LogP contribution in [0.4, 0.5) is 11.4 Å². The molecule has 1 rings (SSSR count). The lowest BCUT2D eigenvalue weighted by molar-refractivity contribution is 0.729. The van der Waals surface area contributed by atoms with Crippen molar-refractivity contribution in [1.29, 1.82) is 5.41 Å². The van der Waals surface area contributed by atoms with E-state index in [-0.39, 0.29) is 0 Å². The van der Waals surface area contributed by atoms with Gasteiger partial charge in [0.15, 0.2) is 0 Å². The summed E-state index contributed by atoms with van der Waals surface area (Å²) in [4.78, 5) is 0. The quantitative estimate of drug-likeness (QED) is 0.267. The predicted molar refractivity (Wildman–Crippen MR) is 100 cm³/mol. The molecule has 0 amide bonds. The number of hydrogen-bond donors (Lipinski definition) is 2. The molecular formula is C16H23N3S2. The lowest BCUT2D eigenvalue weighted by Gasteiger charge is -2.24. The Kier molecular flexibility index (Phi) is 8.08. The van der Waals surface area contributed by atoms with Crippen LogP contribution in [0.25, 0.3) is 0 Å². The van der Waals surface area contributed by atoms with Gasteiger partial charge in [-0.3, -0.25) is 0 Å². The van der Waals surface area contributed by atoms with E-state index in [0.29, 0.717) is 5.69 Å². The highest BCUT2D eigenvalue weighted by atomic mass is 32.2. The van der Waals surface area contributed by atoms with Crippen molar-refractivity contribution < 1.29 is 0 Å². The molecule has 1 aromatic rings. The molecule has 0 saturated carbocycles. The highest BCUT2D eigenvalue weighted by molar-refractivity contribution is 8.24. The molecule has 0 bridgehead atoms. The first-order valence-electron chi connectivity index (χ1n) is 6.94. The highest BCUT2D eigenvalue weighted by Crippen LogP contribution is 2.35. The minimum absolute atomic E-state index is 0.631. The van der Waals surface area contributed by atoms with Crippen LogP contribution in [0.3, 0.4) is 0 Å². The zero-order valence-corrected chi connectivity index (χ0v) is 14.1. The Labute approximate surface area is 136 Å². The average molecular weight is 322 g/mol. The molecule has 0 atom stereocenters. The molecule has 3 N–H and O–H groups in total. The van der Waals surface area contributed by atoms with E-state index in [1.807, 2.05) is 18.2 Å². The zero-order valence-electron chi connectivity index (χ0n) is 12.5. The maximum Gasteiger partial charge on any atom is 0.0585 e. The van der Waals surface area contributed by atoms with Crippen molar-refractivity contribution in [2.75, 3.05) is 16.6 Å². The standard InChI is InChI=1S/C16H23N3S2/c1-4-6-7-10-19(21-13(3)20-5-2)15-8-9-16(18)14(11-15)12-17/h5,8-9,11-12,17H,2-4,6-7,10,18H2,1H3. The molecule has 0 radical (unpaired) electrons. The third kappa shape index (κ3) is 5.89. The van der Waals surface area contributed by atoms with Gasteiger partial charge in [0, 0.05) is 29.7 Å². The van der Waals surface area contributed by atoms with Gasteiger partial charge in [-0.1, -0.05) is 44.7 Å². The molecule has 3 nitrogen and oxygen atoms in total. The molecular weight excluding hydrogens is 298 g/mol. The van der Waals surface area contributed by atoms with Gasteiger partial charge >= 0.3 is 0 Å². The molecule has 0 aromatic heterocycles. The van der Waals surface area contributed by atoms with Gasteiger partial charge in [-0.25, -0.2) is 0 Å². The van der Waals surface area contributed by atoms with Crippen LogP contribution < -0.4 is 10.0 Å². The minimum atomic E-state index is 0.631. The van der Waals surface area contributed by atoms with E-state index in [4.69, 9.17) is 11.1 Å². The number of nitrogen functional groups attached to an aromatic ring is 1. The van der Waals surface area contributed by atoms with Gasteiger partial charge in [0.25, 0.3) is 0 Å². The third-order valence-corrected chi connectivity index (χ3v) is 4.66. The number of anilines is 2. The first-order valence-corrected chi connectivity index (χ1v) is 8.59. The number of nitrogens with one attached hydrogen (secondary N) is 1. The smallest absolute Gasteiger partial charge is 0.0585 e. The number of unbranched alkanes of at least 4 members (excludes halogenated alkanes) is 2. The number of hydrogen-bond acceptors (Lipinski definition) is 5. The first kappa shape index (κ1) is 17.7. The van der Waals surface area contributed by atoms with Crippen molar-refractivity contribution >= 4 is 41.3 Å². The monoisotopic (exact) mass is 321 g/mol. The summed E-state index contributed by atoms with van der Waals surface area (Å²) < 4.78 is 3.19. The van der Waals surface area contributed by atoms with E-state index in [1.54, 1.807) is 17.4 Å². The normalized spacial score (nSPS) is 10.1. The Bertz CT molecular complexity index is 500. The van der Waals surface area contributed by atoms with Gasteiger partial charge in [0.05, 0.1) is 4.24 Å². The highest BCUT2D eigenvalue weighted by Gasteiger charge is 2.11. The number of rotatable bonds is 10. The third-order valence-electron chi connectivity index (χ3n) is 2.91.